The summed E-state index contributed by atoms with van der Waals surface area (Å²) in [7, 11) is 1.65. The monoisotopic (exact) mass is 337 g/mol. The first kappa shape index (κ1) is 18.1. The smallest absolute Gasteiger partial charge is 0.235 e. The molecule has 5 heteroatoms. The molecule has 1 aliphatic heterocycles. The van der Waals surface area contributed by atoms with E-state index >= 15 is 0 Å². The lowest BCUT2D eigenvalue weighted by atomic mass is 9.98. The quantitative estimate of drug-likeness (QED) is 0.787. The number of nitrogens with zero attached hydrogens (tertiary/aromatic N) is 1. The highest BCUT2D eigenvalue weighted by molar-refractivity contribution is 8.00. The molecule has 0 saturated carbocycles. The maximum atomic E-state index is 12.8. The number of amides is 1. The van der Waals surface area contributed by atoms with Crippen molar-refractivity contribution in [2.45, 2.75) is 56.0 Å². The van der Waals surface area contributed by atoms with Gasteiger partial charge in [-0.2, -0.15) is 0 Å². The number of carbonyl (C=O) groups excluding carboxylic acids is 1. The van der Waals surface area contributed by atoms with Crippen molar-refractivity contribution in [1.82, 2.24) is 4.90 Å². The second-order valence-electron chi connectivity index (χ2n) is 7.25. The van der Waals surface area contributed by atoms with Gasteiger partial charge in [-0.25, -0.2) is 0 Å². The fourth-order valence-corrected chi connectivity index (χ4v) is 4.06. The van der Waals surface area contributed by atoms with E-state index in [0.717, 1.165) is 10.6 Å². The van der Waals surface area contributed by atoms with Gasteiger partial charge in [-0.1, -0.05) is 0 Å². The molecule has 4 nitrogen and oxygen atoms in total. The zero-order chi connectivity index (χ0) is 17.3. The van der Waals surface area contributed by atoms with E-state index in [1.807, 2.05) is 63.8 Å². The predicted octanol–water partition coefficient (Wildman–Crippen LogP) is 3.59. The molecule has 1 saturated heterocycles. The lowest BCUT2D eigenvalue weighted by Gasteiger charge is -2.47. The van der Waals surface area contributed by atoms with Crippen LogP contribution in [-0.2, 0) is 9.53 Å². The van der Waals surface area contributed by atoms with Crippen LogP contribution in [0.3, 0.4) is 0 Å². The van der Waals surface area contributed by atoms with Crippen LogP contribution in [0.4, 0.5) is 0 Å². The molecule has 2 rings (SSSR count). The fourth-order valence-electron chi connectivity index (χ4n) is 3.11. The first-order valence-corrected chi connectivity index (χ1v) is 8.79. The molecule has 1 aromatic carbocycles. The van der Waals surface area contributed by atoms with E-state index in [0.29, 0.717) is 13.1 Å². The highest BCUT2D eigenvalue weighted by Crippen LogP contribution is 2.31. The number of morpholine rings is 1. The van der Waals surface area contributed by atoms with Gasteiger partial charge >= 0.3 is 0 Å². The van der Waals surface area contributed by atoms with Gasteiger partial charge in [0.25, 0.3) is 0 Å². The molecule has 0 radical (unpaired) electrons. The van der Waals surface area contributed by atoms with Crippen molar-refractivity contribution in [3.8, 4) is 5.75 Å². The third kappa shape index (κ3) is 4.88. The van der Waals surface area contributed by atoms with Crippen LogP contribution in [0.25, 0.3) is 0 Å². The summed E-state index contributed by atoms with van der Waals surface area (Å²) >= 11 is 1.58. The molecule has 1 aromatic rings. The van der Waals surface area contributed by atoms with Crippen LogP contribution < -0.4 is 4.74 Å². The Morgan fingerprint density at radius 1 is 1.17 bits per heavy atom. The number of thioether (sulfide) groups is 1. The summed E-state index contributed by atoms with van der Waals surface area (Å²) < 4.78 is 11.2. The lowest BCUT2D eigenvalue weighted by molar-refractivity contribution is -0.187. The summed E-state index contributed by atoms with van der Waals surface area (Å²) in [6.45, 7) is 11.4. The van der Waals surface area contributed by atoms with Crippen molar-refractivity contribution in [2.75, 3.05) is 20.2 Å². The molecular weight excluding hydrogens is 310 g/mol. The molecule has 0 bridgehead atoms. The Hall–Kier alpha value is -1.20. The van der Waals surface area contributed by atoms with Crippen LogP contribution in [-0.4, -0.2) is 47.5 Å². The fraction of sp³-hybridized carbons (Fsp3) is 0.611. The van der Waals surface area contributed by atoms with Gasteiger partial charge in [-0.05, 0) is 58.9 Å². The first-order chi connectivity index (χ1) is 10.6. The molecule has 0 spiro atoms. The van der Waals surface area contributed by atoms with Crippen molar-refractivity contribution >= 4 is 17.7 Å². The van der Waals surface area contributed by atoms with Gasteiger partial charge in [0.15, 0.2) is 0 Å². The molecular formula is C18H27NO3S. The van der Waals surface area contributed by atoms with Crippen molar-refractivity contribution < 1.29 is 14.3 Å². The van der Waals surface area contributed by atoms with E-state index in [2.05, 4.69) is 0 Å². The summed E-state index contributed by atoms with van der Waals surface area (Å²) in [5.41, 5.74) is -0.635. The SMILES string of the molecule is COc1ccc(SC(C)C(=O)N2CC(C)(C)OC(C)(C)C2)cc1. The lowest BCUT2D eigenvalue weighted by Crippen LogP contribution is -2.59. The van der Waals surface area contributed by atoms with Gasteiger partial charge < -0.3 is 14.4 Å². The number of benzene rings is 1. The third-order valence-electron chi connectivity index (χ3n) is 3.73. The number of hydrogen-bond acceptors (Lipinski definition) is 4. The Morgan fingerprint density at radius 2 is 1.70 bits per heavy atom. The first-order valence-electron chi connectivity index (χ1n) is 7.92. The molecule has 1 aliphatic rings. The van der Waals surface area contributed by atoms with Gasteiger partial charge in [0.2, 0.25) is 5.91 Å². The molecule has 1 heterocycles. The van der Waals surface area contributed by atoms with Crippen LogP contribution in [0.5, 0.6) is 5.75 Å². The number of ether oxygens (including phenoxy) is 2. The van der Waals surface area contributed by atoms with E-state index in [9.17, 15) is 4.79 Å². The summed E-state index contributed by atoms with van der Waals surface area (Å²) in [6, 6.07) is 7.81. The Balaban J connectivity index is 2.03. The Morgan fingerprint density at radius 3 is 2.17 bits per heavy atom. The van der Waals surface area contributed by atoms with Crippen molar-refractivity contribution in [3.63, 3.8) is 0 Å². The molecule has 23 heavy (non-hydrogen) atoms. The summed E-state index contributed by atoms with van der Waals surface area (Å²) in [6.07, 6.45) is 0. The average Bonchev–Trinajstić information content (AvgIpc) is 2.44. The summed E-state index contributed by atoms with van der Waals surface area (Å²) in [5.74, 6) is 0.986. The Bertz CT molecular complexity index is 538. The molecule has 0 aliphatic carbocycles. The highest BCUT2D eigenvalue weighted by Gasteiger charge is 2.40. The highest BCUT2D eigenvalue weighted by atomic mass is 32.2. The van der Waals surface area contributed by atoms with Gasteiger partial charge in [0.05, 0.1) is 23.6 Å². The van der Waals surface area contributed by atoms with Gasteiger partial charge in [-0.15, -0.1) is 11.8 Å². The number of hydrogen-bond donors (Lipinski definition) is 0. The van der Waals surface area contributed by atoms with E-state index in [-0.39, 0.29) is 22.4 Å². The van der Waals surface area contributed by atoms with Crippen LogP contribution >= 0.6 is 11.8 Å². The van der Waals surface area contributed by atoms with Gasteiger partial charge in [0, 0.05) is 18.0 Å². The van der Waals surface area contributed by atoms with Crippen LogP contribution in [0.15, 0.2) is 29.2 Å². The minimum Gasteiger partial charge on any atom is -0.497 e. The van der Waals surface area contributed by atoms with Crippen LogP contribution in [0.2, 0.25) is 0 Å². The van der Waals surface area contributed by atoms with Gasteiger partial charge in [0.1, 0.15) is 5.75 Å². The normalized spacial score (nSPS) is 20.9. The zero-order valence-electron chi connectivity index (χ0n) is 14.9. The second kappa shape index (κ2) is 6.73. The minimum atomic E-state index is -0.318. The van der Waals surface area contributed by atoms with E-state index in [1.165, 1.54) is 0 Å². The molecule has 0 aromatic heterocycles. The molecule has 1 amide bonds. The third-order valence-corrected chi connectivity index (χ3v) is 4.83. The number of carbonyl (C=O) groups is 1. The zero-order valence-corrected chi connectivity index (χ0v) is 15.7. The van der Waals surface area contributed by atoms with E-state index in [4.69, 9.17) is 9.47 Å². The largest absolute Gasteiger partial charge is 0.497 e. The van der Waals surface area contributed by atoms with E-state index in [1.54, 1.807) is 18.9 Å². The van der Waals surface area contributed by atoms with Crippen molar-refractivity contribution in [3.05, 3.63) is 24.3 Å². The average molecular weight is 337 g/mol. The Labute approximate surface area is 143 Å². The number of rotatable bonds is 4. The molecule has 1 atom stereocenters. The minimum absolute atomic E-state index is 0.131. The second-order valence-corrected chi connectivity index (χ2v) is 8.67. The number of methoxy groups -OCH3 is 1. The van der Waals surface area contributed by atoms with Crippen LogP contribution in [0.1, 0.15) is 34.6 Å². The van der Waals surface area contributed by atoms with E-state index < -0.39 is 0 Å². The predicted molar refractivity (Wildman–Crippen MR) is 94.1 cm³/mol. The van der Waals surface area contributed by atoms with Crippen molar-refractivity contribution in [2.24, 2.45) is 0 Å². The maximum Gasteiger partial charge on any atom is 0.235 e. The summed E-state index contributed by atoms with van der Waals surface area (Å²) in [4.78, 5) is 15.8. The Kier molecular flexibility index (Phi) is 5.31. The van der Waals surface area contributed by atoms with Crippen molar-refractivity contribution in [1.29, 1.82) is 0 Å². The van der Waals surface area contributed by atoms with Gasteiger partial charge in [-0.3, -0.25) is 4.79 Å². The molecule has 1 unspecified atom stereocenters. The summed E-state index contributed by atoms with van der Waals surface area (Å²) in [5, 5.41) is -0.131. The topological polar surface area (TPSA) is 38.8 Å². The maximum absolute atomic E-state index is 12.8. The molecule has 128 valence electrons. The van der Waals surface area contributed by atoms with Crippen LogP contribution in [0, 0.1) is 0 Å². The standard InChI is InChI=1S/C18H27NO3S/c1-13(23-15-9-7-14(21-6)8-10-15)16(20)19-11-17(2,3)22-18(4,5)12-19/h7-10,13H,11-12H2,1-6H3. The molecule has 1 fully saturated rings. The molecule has 0 N–H and O–H groups in total.